The molecule has 0 aromatic carbocycles. The molecule has 0 aromatic rings. The van der Waals surface area contributed by atoms with E-state index in [1.807, 2.05) is 4.90 Å². The first-order chi connectivity index (χ1) is 9.12. The van der Waals surface area contributed by atoms with Gasteiger partial charge in [0.05, 0.1) is 5.41 Å². The molecule has 1 N–H and O–H groups in total. The van der Waals surface area contributed by atoms with Gasteiger partial charge in [0, 0.05) is 19.0 Å². The quantitative estimate of drug-likeness (QED) is 0.844. The van der Waals surface area contributed by atoms with Gasteiger partial charge in [0.25, 0.3) is 0 Å². The number of fused-ring (bicyclic) bond motifs is 1. The number of carboxylic acid groups (broad SMARTS) is 1. The van der Waals surface area contributed by atoms with Crippen LogP contribution in [-0.2, 0) is 9.59 Å². The summed E-state index contributed by atoms with van der Waals surface area (Å²) in [5.41, 5.74) is -0.611. The molecule has 3 aliphatic carbocycles. The first kappa shape index (κ1) is 11.7. The van der Waals surface area contributed by atoms with Crippen molar-refractivity contribution in [1.29, 1.82) is 0 Å². The maximum Gasteiger partial charge on any atom is 0.311 e. The molecule has 4 aliphatic rings. The lowest BCUT2D eigenvalue weighted by atomic mass is 9.81. The number of hydrogen-bond acceptors (Lipinski definition) is 2. The van der Waals surface area contributed by atoms with Gasteiger partial charge >= 0.3 is 5.97 Å². The van der Waals surface area contributed by atoms with Crippen molar-refractivity contribution in [3.8, 4) is 0 Å². The monoisotopic (exact) mass is 263 g/mol. The molecule has 4 atom stereocenters. The van der Waals surface area contributed by atoms with E-state index in [0.29, 0.717) is 19.0 Å². The second-order valence-electron chi connectivity index (χ2n) is 7.11. The summed E-state index contributed by atoms with van der Waals surface area (Å²) >= 11 is 0. The molecule has 1 saturated heterocycles. The Balaban J connectivity index is 1.46. The largest absolute Gasteiger partial charge is 0.481 e. The van der Waals surface area contributed by atoms with E-state index >= 15 is 0 Å². The molecule has 19 heavy (non-hydrogen) atoms. The molecular weight excluding hydrogens is 242 g/mol. The van der Waals surface area contributed by atoms with E-state index in [2.05, 4.69) is 0 Å². The molecule has 4 heteroatoms. The Morgan fingerprint density at radius 2 is 2.00 bits per heavy atom. The van der Waals surface area contributed by atoms with Gasteiger partial charge in [-0.1, -0.05) is 6.42 Å². The number of rotatable bonds is 3. The van der Waals surface area contributed by atoms with E-state index in [-0.39, 0.29) is 17.7 Å². The van der Waals surface area contributed by atoms with Crippen LogP contribution in [0.2, 0.25) is 0 Å². The van der Waals surface area contributed by atoms with Crippen LogP contribution < -0.4 is 0 Å². The van der Waals surface area contributed by atoms with E-state index < -0.39 is 11.4 Å². The van der Waals surface area contributed by atoms with Crippen molar-refractivity contribution >= 4 is 11.9 Å². The predicted molar refractivity (Wildman–Crippen MR) is 68.3 cm³/mol. The number of amides is 1. The van der Waals surface area contributed by atoms with Crippen LogP contribution in [0, 0.1) is 29.1 Å². The Morgan fingerprint density at radius 3 is 2.63 bits per heavy atom. The van der Waals surface area contributed by atoms with E-state index in [1.165, 1.54) is 12.8 Å². The van der Waals surface area contributed by atoms with Crippen LogP contribution in [0.15, 0.2) is 0 Å². The maximum atomic E-state index is 12.5. The van der Waals surface area contributed by atoms with Crippen LogP contribution in [0.3, 0.4) is 0 Å². The van der Waals surface area contributed by atoms with Crippen molar-refractivity contribution in [3.63, 3.8) is 0 Å². The van der Waals surface area contributed by atoms with Gasteiger partial charge in [0.1, 0.15) is 0 Å². The lowest BCUT2D eigenvalue weighted by Gasteiger charge is -2.23. The van der Waals surface area contributed by atoms with Crippen LogP contribution in [0.5, 0.6) is 0 Å². The van der Waals surface area contributed by atoms with Gasteiger partial charge in [-0.15, -0.1) is 0 Å². The van der Waals surface area contributed by atoms with Gasteiger partial charge in [-0.3, -0.25) is 9.59 Å². The fraction of sp³-hybridized carbons (Fsp3) is 0.867. The number of hydrogen-bond donors (Lipinski definition) is 1. The number of carboxylic acids is 1. The SMILES string of the molecule is O=C(C1CC1C1CC1)N1C[C@@H]2CCC[C@@]2(C(=O)O)C1. The number of likely N-dealkylation sites (tertiary alicyclic amines) is 1. The van der Waals surface area contributed by atoms with Gasteiger partial charge in [-0.2, -0.15) is 0 Å². The van der Waals surface area contributed by atoms with Gasteiger partial charge in [0.15, 0.2) is 0 Å². The molecule has 4 fully saturated rings. The minimum Gasteiger partial charge on any atom is -0.481 e. The number of nitrogens with zero attached hydrogens (tertiary/aromatic N) is 1. The summed E-state index contributed by atoms with van der Waals surface area (Å²) < 4.78 is 0. The highest BCUT2D eigenvalue weighted by Crippen LogP contribution is 2.56. The van der Waals surface area contributed by atoms with E-state index in [1.54, 1.807) is 0 Å². The summed E-state index contributed by atoms with van der Waals surface area (Å²) in [4.78, 5) is 26.0. The first-order valence-corrected chi connectivity index (χ1v) is 7.64. The summed E-state index contributed by atoms with van der Waals surface area (Å²) in [5, 5.41) is 9.54. The van der Waals surface area contributed by atoms with E-state index in [4.69, 9.17) is 0 Å². The third kappa shape index (κ3) is 1.65. The van der Waals surface area contributed by atoms with Gasteiger partial charge in [-0.25, -0.2) is 0 Å². The fourth-order valence-corrected chi connectivity index (χ4v) is 4.59. The Bertz CT molecular complexity index is 445. The number of aliphatic carboxylic acids is 1. The summed E-state index contributed by atoms with van der Waals surface area (Å²) in [6.07, 6.45) is 6.41. The van der Waals surface area contributed by atoms with Crippen LogP contribution >= 0.6 is 0 Å². The van der Waals surface area contributed by atoms with Crippen molar-refractivity contribution in [2.45, 2.75) is 38.5 Å². The van der Waals surface area contributed by atoms with Crippen molar-refractivity contribution < 1.29 is 14.7 Å². The first-order valence-electron chi connectivity index (χ1n) is 7.64. The summed E-state index contributed by atoms with van der Waals surface area (Å²) in [7, 11) is 0. The second-order valence-corrected chi connectivity index (χ2v) is 7.11. The third-order valence-electron chi connectivity index (χ3n) is 5.99. The average molecular weight is 263 g/mol. The average Bonchev–Trinajstić information content (AvgIpc) is 3.22. The Kier molecular flexibility index (Phi) is 2.31. The number of carbonyl (C=O) groups excluding carboxylic acids is 1. The number of carbonyl (C=O) groups is 2. The summed E-state index contributed by atoms with van der Waals surface area (Å²) in [6, 6.07) is 0. The Hall–Kier alpha value is -1.06. The summed E-state index contributed by atoms with van der Waals surface area (Å²) in [6.45, 7) is 1.17. The molecular formula is C15H21NO3. The molecule has 1 amide bonds. The van der Waals surface area contributed by atoms with Gasteiger partial charge in [0.2, 0.25) is 5.91 Å². The molecule has 2 unspecified atom stereocenters. The third-order valence-corrected chi connectivity index (χ3v) is 5.99. The fourth-order valence-electron chi connectivity index (χ4n) is 4.59. The molecule has 3 saturated carbocycles. The van der Waals surface area contributed by atoms with Crippen LogP contribution in [-0.4, -0.2) is 35.0 Å². The standard InChI is InChI=1S/C15H21NO3/c17-13(12-6-11(12)9-3-4-9)16-7-10-2-1-5-15(10,8-16)14(18)19/h9-12H,1-8H2,(H,18,19)/t10-,11?,12?,15+/m0/s1. The Morgan fingerprint density at radius 1 is 1.21 bits per heavy atom. The molecule has 0 spiro atoms. The highest BCUT2D eigenvalue weighted by atomic mass is 16.4. The molecule has 4 nitrogen and oxygen atoms in total. The zero-order valence-electron chi connectivity index (χ0n) is 11.2. The zero-order valence-corrected chi connectivity index (χ0v) is 11.2. The highest BCUT2D eigenvalue weighted by Gasteiger charge is 2.59. The lowest BCUT2D eigenvalue weighted by molar-refractivity contribution is -0.149. The molecule has 0 radical (unpaired) electrons. The molecule has 4 rings (SSSR count). The zero-order chi connectivity index (χ0) is 13.2. The molecule has 104 valence electrons. The van der Waals surface area contributed by atoms with Crippen molar-refractivity contribution in [2.24, 2.45) is 29.1 Å². The predicted octanol–water partition coefficient (Wildman–Crippen LogP) is 1.75. The normalized spacial score (nSPS) is 44.2. The topological polar surface area (TPSA) is 57.6 Å². The van der Waals surface area contributed by atoms with Gasteiger partial charge in [-0.05, 0) is 49.9 Å². The highest BCUT2D eigenvalue weighted by molar-refractivity contribution is 5.84. The van der Waals surface area contributed by atoms with Crippen LogP contribution in [0.1, 0.15) is 38.5 Å². The van der Waals surface area contributed by atoms with E-state index in [9.17, 15) is 14.7 Å². The second kappa shape index (κ2) is 3.74. The van der Waals surface area contributed by atoms with E-state index in [0.717, 1.165) is 31.6 Å². The van der Waals surface area contributed by atoms with Gasteiger partial charge < -0.3 is 10.0 Å². The smallest absolute Gasteiger partial charge is 0.311 e. The summed E-state index contributed by atoms with van der Waals surface area (Å²) in [5.74, 6) is 1.45. The lowest BCUT2D eigenvalue weighted by Crippen LogP contribution is -2.37. The van der Waals surface area contributed by atoms with Crippen LogP contribution in [0.25, 0.3) is 0 Å². The Labute approximate surface area is 113 Å². The minimum atomic E-state index is -0.681. The molecule has 0 aromatic heterocycles. The van der Waals surface area contributed by atoms with Crippen molar-refractivity contribution in [2.75, 3.05) is 13.1 Å². The molecule has 1 aliphatic heterocycles. The van der Waals surface area contributed by atoms with Crippen LogP contribution in [0.4, 0.5) is 0 Å². The molecule has 1 heterocycles. The van der Waals surface area contributed by atoms with Crippen molar-refractivity contribution in [3.05, 3.63) is 0 Å². The maximum absolute atomic E-state index is 12.5. The molecule has 0 bridgehead atoms. The minimum absolute atomic E-state index is 0.201. The van der Waals surface area contributed by atoms with Crippen molar-refractivity contribution in [1.82, 2.24) is 4.90 Å².